The van der Waals surface area contributed by atoms with Gasteiger partial charge in [0.2, 0.25) is 0 Å². The molecule has 238 valence electrons. The molecule has 0 saturated heterocycles. The molecule has 1 heteroatoms. The number of fused-ring (bicyclic) bond motifs is 4. The molecule has 0 aliphatic heterocycles. The van der Waals surface area contributed by atoms with Gasteiger partial charge in [0.15, 0.2) is 0 Å². The minimum atomic E-state index is -0.109. The molecule has 1 aliphatic carbocycles. The highest BCUT2D eigenvalue weighted by Crippen LogP contribution is 2.51. The smallest absolute Gasteiger partial charge is 0.0540 e. The van der Waals surface area contributed by atoms with Crippen LogP contribution in [0.15, 0.2) is 188 Å². The Morgan fingerprint density at radius 3 is 1.82 bits per heavy atom. The third kappa shape index (κ3) is 5.02. The van der Waals surface area contributed by atoms with E-state index in [2.05, 4.69) is 207 Å². The fourth-order valence-electron chi connectivity index (χ4n) is 7.96. The van der Waals surface area contributed by atoms with Gasteiger partial charge in [-0.05, 0) is 97.2 Å². The fourth-order valence-corrected chi connectivity index (χ4v) is 7.96. The number of para-hydroxylation sites is 1. The van der Waals surface area contributed by atoms with Crippen molar-refractivity contribution in [2.75, 3.05) is 4.90 Å². The van der Waals surface area contributed by atoms with Crippen LogP contribution in [0.3, 0.4) is 0 Å². The molecular formula is C49H37N. The Morgan fingerprint density at radius 1 is 0.360 bits per heavy atom. The van der Waals surface area contributed by atoms with Gasteiger partial charge in [0.1, 0.15) is 0 Å². The summed E-state index contributed by atoms with van der Waals surface area (Å²) in [6.45, 7) is 4.71. The van der Waals surface area contributed by atoms with Gasteiger partial charge in [-0.3, -0.25) is 0 Å². The van der Waals surface area contributed by atoms with Gasteiger partial charge in [0.25, 0.3) is 0 Å². The third-order valence-corrected chi connectivity index (χ3v) is 10.5. The van der Waals surface area contributed by atoms with E-state index in [9.17, 15) is 0 Å². The van der Waals surface area contributed by atoms with E-state index in [1.807, 2.05) is 0 Å². The average molecular weight is 640 g/mol. The zero-order valence-corrected chi connectivity index (χ0v) is 28.3. The highest BCUT2D eigenvalue weighted by atomic mass is 15.1. The van der Waals surface area contributed by atoms with E-state index in [1.54, 1.807) is 0 Å². The SMILES string of the molecule is CC1(C)c2ccccc2-c2ccc(N(c3cccc(-c4cccc5ccccc45)c3)c3ccccc3-c3cccc(-c4ccccc4)c3)cc21. The van der Waals surface area contributed by atoms with Gasteiger partial charge in [-0.15, -0.1) is 0 Å². The van der Waals surface area contributed by atoms with Crippen molar-refractivity contribution in [3.63, 3.8) is 0 Å². The summed E-state index contributed by atoms with van der Waals surface area (Å²) in [5.74, 6) is 0. The Bertz CT molecular complexity index is 2520. The Hall–Kier alpha value is -6.18. The average Bonchev–Trinajstić information content (AvgIpc) is 3.41. The molecule has 0 N–H and O–H groups in total. The molecule has 0 amide bonds. The van der Waals surface area contributed by atoms with Crippen LogP contribution in [0, 0.1) is 0 Å². The van der Waals surface area contributed by atoms with E-state index in [-0.39, 0.29) is 5.41 Å². The lowest BCUT2D eigenvalue weighted by Crippen LogP contribution is -2.17. The summed E-state index contributed by atoms with van der Waals surface area (Å²) in [6.07, 6.45) is 0. The molecule has 0 radical (unpaired) electrons. The van der Waals surface area contributed by atoms with Crippen LogP contribution in [0.1, 0.15) is 25.0 Å². The molecule has 0 unspecified atom stereocenters. The van der Waals surface area contributed by atoms with Gasteiger partial charge in [0, 0.05) is 22.4 Å². The van der Waals surface area contributed by atoms with Gasteiger partial charge in [-0.25, -0.2) is 0 Å². The second-order valence-electron chi connectivity index (χ2n) is 13.8. The van der Waals surface area contributed by atoms with E-state index in [1.165, 1.54) is 66.4 Å². The highest BCUT2D eigenvalue weighted by molar-refractivity contribution is 5.98. The minimum absolute atomic E-state index is 0.109. The minimum Gasteiger partial charge on any atom is -0.310 e. The lowest BCUT2D eigenvalue weighted by atomic mass is 9.82. The predicted octanol–water partition coefficient (Wildman–Crippen LogP) is 13.6. The van der Waals surface area contributed by atoms with Crippen LogP contribution in [-0.4, -0.2) is 0 Å². The molecule has 0 heterocycles. The van der Waals surface area contributed by atoms with Crippen molar-refractivity contribution in [1.29, 1.82) is 0 Å². The number of rotatable bonds is 6. The maximum Gasteiger partial charge on any atom is 0.0540 e. The number of hydrogen-bond donors (Lipinski definition) is 0. The van der Waals surface area contributed by atoms with Crippen molar-refractivity contribution >= 4 is 27.8 Å². The van der Waals surface area contributed by atoms with Crippen LogP contribution in [0.2, 0.25) is 0 Å². The van der Waals surface area contributed by atoms with Crippen molar-refractivity contribution < 1.29 is 0 Å². The highest BCUT2D eigenvalue weighted by Gasteiger charge is 2.35. The maximum absolute atomic E-state index is 2.46. The molecule has 0 saturated carbocycles. The lowest BCUT2D eigenvalue weighted by molar-refractivity contribution is 0.660. The predicted molar refractivity (Wildman–Crippen MR) is 213 cm³/mol. The van der Waals surface area contributed by atoms with Crippen LogP contribution in [0.4, 0.5) is 17.1 Å². The molecule has 9 rings (SSSR count). The largest absolute Gasteiger partial charge is 0.310 e. The first-order valence-electron chi connectivity index (χ1n) is 17.4. The second kappa shape index (κ2) is 12.1. The zero-order valence-electron chi connectivity index (χ0n) is 28.3. The quantitative estimate of drug-likeness (QED) is 0.175. The van der Waals surface area contributed by atoms with Crippen LogP contribution >= 0.6 is 0 Å². The Morgan fingerprint density at radius 2 is 0.940 bits per heavy atom. The van der Waals surface area contributed by atoms with Gasteiger partial charge in [-0.2, -0.15) is 0 Å². The molecule has 8 aromatic carbocycles. The van der Waals surface area contributed by atoms with Gasteiger partial charge < -0.3 is 4.90 Å². The molecule has 0 atom stereocenters. The van der Waals surface area contributed by atoms with Crippen LogP contribution in [0.25, 0.3) is 55.3 Å². The molecule has 0 fully saturated rings. The normalized spacial score (nSPS) is 12.8. The molecule has 0 spiro atoms. The van der Waals surface area contributed by atoms with E-state index in [0.29, 0.717) is 0 Å². The standard InChI is InChI=1S/C49H37N/c1-49(2)46-27-10-8-25-44(46)45-30-29-40(33-47(45)49)50(39-22-13-21-38(32-39)42-26-14-18-35-17-6-7-23-41(35)42)48-28-11-9-24-43(48)37-20-12-19-36(31-37)34-15-4-3-5-16-34/h3-33H,1-2H3. The summed E-state index contributed by atoms with van der Waals surface area (Å²) in [5, 5.41) is 2.50. The molecule has 0 aromatic heterocycles. The van der Waals surface area contributed by atoms with Crippen molar-refractivity contribution in [2.45, 2.75) is 19.3 Å². The number of hydrogen-bond acceptors (Lipinski definition) is 1. The van der Waals surface area contributed by atoms with E-state index < -0.39 is 0 Å². The molecule has 50 heavy (non-hydrogen) atoms. The van der Waals surface area contributed by atoms with Crippen molar-refractivity contribution in [1.82, 2.24) is 0 Å². The third-order valence-electron chi connectivity index (χ3n) is 10.5. The fraction of sp³-hybridized carbons (Fsp3) is 0.0612. The zero-order chi connectivity index (χ0) is 33.7. The summed E-state index contributed by atoms with van der Waals surface area (Å²) in [6, 6.07) is 68.7. The molecule has 1 nitrogen and oxygen atoms in total. The van der Waals surface area contributed by atoms with E-state index in [0.717, 1.165) is 17.1 Å². The number of anilines is 3. The van der Waals surface area contributed by atoms with Crippen LogP contribution in [-0.2, 0) is 5.41 Å². The van der Waals surface area contributed by atoms with Crippen molar-refractivity contribution in [2.24, 2.45) is 0 Å². The topological polar surface area (TPSA) is 3.24 Å². The maximum atomic E-state index is 2.46. The lowest BCUT2D eigenvalue weighted by Gasteiger charge is -2.30. The van der Waals surface area contributed by atoms with Gasteiger partial charge in [-0.1, -0.05) is 166 Å². The summed E-state index contributed by atoms with van der Waals surface area (Å²) < 4.78 is 0. The first-order chi connectivity index (χ1) is 24.6. The van der Waals surface area contributed by atoms with Crippen LogP contribution in [0.5, 0.6) is 0 Å². The second-order valence-corrected chi connectivity index (χ2v) is 13.8. The Kier molecular flexibility index (Phi) is 7.21. The van der Waals surface area contributed by atoms with E-state index >= 15 is 0 Å². The summed E-state index contributed by atoms with van der Waals surface area (Å²) in [7, 11) is 0. The monoisotopic (exact) mass is 639 g/mol. The van der Waals surface area contributed by atoms with Crippen LogP contribution < -0.4 is 4.90 Å². The van der Waals surface area contributed by atoms with Gasteiger partial charge >= 0.3 is 0 Å². The Labute approximate surface area is 294 Å². The number of benzene rings is 8. The van der Waals surface area contributed by atoms with Crippen molar-refractivity contribution in [3.05, 3.63) is 199 Å². The van der Waals surface area contributed by atoms with E-state index in [4.69, 9.17) is 0 Å². The number of nitrogens with zero attached hydrogens (tertiary/aromatic N) is 1. The molecule has 0 bridgehead atoms. The molecular weight excluding hydrogens is 603 g/mol. The van der Waals surface area contributed by atoms with Crippen molar-refractivity contribution in [3.8, 4) is 44.5 Å². The summed E-state index contributed by atoms with van der Waals surface area (Å²) >= 11 is 0. The molecule has 1 aliphatic rings. The first kappa shape index (κ1) is 29.9. The Balaban J connectivity index is 1.25. The molecule has 8 aromatic rings. The summed E-state index contributed by atoms with van der Waals surface area (Å²) in [4.78, 5) is 2.46. The summed E-state index contributed by atoms with van der Waals surface area (Å²) in [5.41, 5.74) is 15.9. The first-order valence-corrected chi connectivity index (χ1v) is 17.4. The van der Waals surface area contributed by atoms with Gasteiger partial charge in [0.05, 0.1) is 5.69 Å².